The Morgan fingerprint density at radius 2 is 1.95 bits per heavy atom. The van der Waals surface area contributed by atoms with E-state index in [0.717, 1.165) is 23.8 Å². The number of thioether (sulfide) groups is 1. The molecule has 9 nitrogen and oxygen atoms in total. The van der Waals surface area contributed by atoms with Crippen molar-refractivity contribution in [3.8, 4) is 0 Å². The number of rotatable bonds is 8. The molecule has 37 heavy (non-hydrogen) atoms. The summed E-state index contributed by atoms with van der Waals surface area (Å²) in [6.07, 6.45) is 0.0285. The number of hydrogen-bond donors (Lipinski definition) is 3. The summed E-state index contributed by atoms with van der Waals surface area (Å²) in [5.74, 6) is -1.50. The van der Waals surface area contributed by atoms with Crippen molar-refractivity contribution in [3.05, 3.63) is 71.3 Å². The predicted octanol–water partition coefficient (Wildman–Crippen LogP) is 3.54. The Balaban J connectivity index is 0.00000481. The van der Waals surface area contributed by atoms with Crippen LogP contribution < -0.4 is 16.4 Å². The van der Waals surface area contributed by atoms with E-state index < -0.39 is 34.5 Å². The van der Waals surface area contributed by atoms with E-state index in [0.29, 0.717) is 19.4 Å². The highest BCUT2D eigenvalue weighted by Crippen LogP contribution is 2.50. The van der Waals surface area contributed by atoms with Crippen LogP contribution in [-0.4, -0.2) is 54.8 Å². The van der Waals surface area contributed by atoms with E-state index in [4.69, 9.17) is 10.5 Å². The van der Waals surface area contributed by atoms with Gasteiger partial charge in [-0.05, 0) is 43.5 Å². The average molecular weight is 555 g/mol. The van der Waals surface area contributed by atoms with Crippen molar-refractivity contribution in [2.75, 3.05) is 20.7 Å². The van der Waals surface area contributed by atoms with Crippen LogP contribution in [0.1, 0.15) is 30.9 Å². The zero-order valence-electron chi connectivity index (χ0n) is 20.5. The molecular weight excluding hydrogens is 526 g/mol. The Kier molecular flexibility index (Phi) is 10.8. The topological polar surface area (TPSA) is 121 Å². The molecule has 1 heterocycles. The molecule has 0 saturated heterocycles. The van der Waals surface area contributed by atoms with Crippen LogP contribution >= 0.6 is 24.2 Å². The number of amides is 3. The molecule has 0 aliphatic carbocycles. The number of nitrogens with one attached hydrogen (secondary N) is 2. The first-order valence-corrected chi connectivity index (χ1v) is 12.0. The van der Waals surface area contributed by atoms with Gasteiger partial charge in [0.1, 0.15) is 27.7 Å². The van der Waals surface area contributed by atoms with Crippen LogP contribution in [0.3, 0.4) is 0 Å². The Bertz CT molecular complexity index is 1170. The Morgan fingerprint density at radius 3 is 2.57 bits per heavy atom. The monoisotopic (exact) mass is 554 g/mol. The van der Waals surface area contributed by atoms with E-state index in [1.807, 2.05) is 30.3 Å². The van der Waals surface area contributed by atoms with Crippen molar-refractivity contribution in [2.24, 2.45) is 15.8 Å². The number of ether oxygens (including phenoxy) is 1. The number of urea groups is 1. The third-order valence-electron chi connectivity index (χ3n) is 5.54. The van der Waals surface area contributed by atoms with Gasteiger partial charge in [-0.1, -0.05) is 42.1 Å². The minimum Gasteiger partial charge on any atom is -0.372 e. The SMILES string of the molecule is CNC(=NC(N)=O)NCCCC1(c2ccccc2)SC(c2cc(F)ccc2F)=NN1C(=O)C(C)OC.Cl. The van der Waals surface area contributed by atoms with Gasteiger partial charge in [0.05, 0.1) is 0 Å². The Hall–Kier alpha value is -3.22. The second-order valence-electron chi connectivity index (χ2n) is 7.89. The number of primary amides is 1. The van der Waals surface area contributed by atoms with Gasteiger partial charge in [-0.2, -0.15) is 10.1 Å². The molecule has 4 N–H and O–H groups in total. The average Bonchev–Trinajstić information content (AvgIpc) is 3.27. The molecule has 2 atom stereocenters. The lowest BCUT2D eigenvalue weighted by Gasteiger charge is -2.37. The minimum absolute atomic E-state index is 0. The third-order valence-corrected chi connectivity index (χ3v) is 6.98. The van der Waals surface area contributed by atoms with E-state index >= 15 is 0 Å². The van der Waals surface area contributed by atoms with E-state index in [-0.39, 0.29) is 29.0 Å². The third kappa shape index (κ3) is 6.96. The Labute approximate surface area is 224 Å². The summed E-state index contributed by atoms with van der Waals surface area (Å²) in [5.41, 5.74) is 5.83. The molecule has 3 rings (SSSR count). The number of carbonyl (C=O) groups excluding carboxylic acids is 2. The number of guanidine groups is 1. The van der Waals surface area contributed by atoms with Gasteiger partial charge in [0, 0.05) is 26.3 Å². The number of nitrogens with two attached hydrogens (primary N) is 1. The van der Waals surface area contributed by atoms with Gasteiger partial charge in [0.25, 0.3) is 5.91 Å². The Morgan fingerprint density at radius 1 is 1.24 bits per heavy atom. The van der Waals surface area contributed by atoms with Gasteiger partial charge in [-0.3, -0.25) is 4.79 Å². The molecule has 0 saturated carbocycles. The molecule has 0 aromatic heterocycles. The van der Waals surface area contributed by atoms with Gasteiger partial charge in [-0.15, -0.1) is 12.4 Å². The number of hydrogen-bond acceptors (Lipinski definition) is 5. The second kappa shape index (κ2) is 13.4. The smallest absolute Gasteiger partial charge is 0.341 e. The van der Waals surface area contributed by atoms with Crippen LogP contribution in [-0.2, 0) is 14.4 Å². The summed E-state index contributed by atoms with van der Waals surface area (Å²) in [7, 11) is 3.00. The van der Waals surface area contributed by atoms with Crippen molar-refractivity contribution >= 4 is 47.1 Å². The number of methoxy groups -OCH3 is 1. The maximum absolute atomic E-state index is 14.7. The van der Waals surface area contributed by atoms with Crippen LogP contribution in [0.2, 0.25) is 0 Å². The fourth-order valence-electron chi connectivity index (χ4n) is 3.68. The lowest BCUT2D eigenvalue weighted by Crippen LogP contribution is -2.46. The summed E-state index contributed by atoms with van der Waals surface area (Å²) in [4.78, 5) is 27.1. The molecule has 1 aliphatic heterocycles. The summed E-state index contributed by atoms with van der Waals surface area (Å²) in [6.45, 7) is 1.97. The number of nitrogens with zero attached hydrogens (tertiary/aromatic N) is 3. The lowest BCUT2D eigenvalue weighted by atomic mass is 9.99. The van der Waals surface area contributed by atoms with E-state index in [1.54, 1.807) is 14.0 Å². The van der Waals surface area contributed by atoms with E-state index in [2.05, 4.69) is 20.7 Å². The summed E-state index contributed by atoms with van der Waals surface area (Å²) in [5, 5.41) is 11.7. The fourth-order valence-corrected chi connectivity index (χ4v) is 5.10. The van der Waals surface area contributed by atoms with Crippen LogP contribution in [0.4, 0.5) is 13.6 Å². The minimum atomic E-state index is -1.07. The summed E-state index contributed by atoms with van der Waals surface area (Å²) in [6, 6.07) is 11.5. The van der Waals surface area contributed by atoms with Crippen LogP contribution in [0.15, 0.2) is 58.6 Å². The highest BCUT2D eigenvalue weighted by Gasteiger charge is 2.49. The number of aliphatic imine (C=N–C) groups is 1. The van der Waals surface area contributed by atoms with Gasteiger partial charge < -0.3 is 21.1 Å². The second-order valence-corrected chi connectivity index (χ2v) is 9.15. The number of carbonyl (C=O) groups is 2. The van der Waals surface area contributed by atoms with Gasteiger partial charge >= 0.3 is 6.03 Å². The molecular formula is C24H29ClF2N6O3S. The normalized spacial score (nSPS) is 18.0. The molecule has 13 heteroatoms. The first-order valence-electron chi connectivity index (χ1n) is 11.2. The lowest BCUT2D eigenvalue weighted by molar-refractivity contribution is -0.144. The van der Waals surface area contributed by atoms with Crippen molar-refractivity contribution in [3.63, 3.8) is 0 Å². The number of hydrazone groups is 1. The quantitative estimate of drug-likeness (QED) is 0.261. The first kappa shape index (κ1) is 30.0. The van der Waals surface area contributed by atoms with Crippen molar-refractivity contribution in [2.45, 2.75) is 30.7 Å². The molecule has 0 bridgehead atoms. The largest absolute Gasteiger partial charge is 0.372 e. The van der Waals surface area contributed by atoms with E-state index in [9.17, 15) is 18.4 Å². The highest BCUT2D eigenvalue weighted by atomic mass is 35.5. The maximum Gasteiger partial charge on any atom is 0.341 e. The highest BCUT2D eigenvalue weighted by molar-refractivity contribution is 8.15. The number of benzene rings is 2. The molecule has 200 valence electrons. The number of halogens is 3. The predicted molar refractivity (Wildman–Crippen MR) is 142 cm³/mol. The van der Waals surface area contributed by atoms with Gasteiger partial charge in [0.2, 0.25) is 5.96 Å². The fraction of sp³-hybridized carbons (Fsp3) is 0.333. The molecule has 1 aliphatic rings. The van der Waals surface area contributed by atoms with Crippen molar-refractivity contribution in [1.29, 1.82) is 0 Å². The molecule has 2 aromatic carbocycles. The van der Waals surface area contributed by atoms with Crippen LogP contribution in [0.25, 0.3) is 0 Å². The molecule has 2 unspecified atom stereocenters. The zero-order valence-corrected chi connectivity index (χ0v) is 22.2. The first-order chi connectivity index (χ1) is 17.2. The van der Waals surface area contributed by atoms with Gasteiger partial charge in [-0.25, -0.2) is 18.6 Å². The zero-order chi connectivity index (χ0) is 26.3. The molecule has 0 radical (unpaired) electrons. The van der Waals surface area contributed by atoms with Crippen molar-refractivity contribution < 1.29 is 23.1 Å². The molecule has 3 amide bonds. The summed E-state index contributed by atoms with van der Waals surface area (Å²) < 4.78 is 34.0. The standard InChI is InChI=1S/C24H28F2N6O3S.ClH/c1-15(35-3)21(33)32-24(16-8-5-4-6-9-16,12-7-13-29-23(28-2)30-22(27)34)36-20(31-32)18-14-17(25)10-11-19(18)26;/h4-6,8-11,14-15H,7,12-13H2,1-3H3,(H4,27,28,29,30,34);1H. The molecule has 0 spiro atoms. The summed E-state index contributed by atoms with van der Waals surface area (Å²) >= 11 is 1.17. The van der Waals surface area contributed by atoms with E-state index in [1.165, 1.54) is 23.9 Å². The molecule has 2 aromatic rings. The van der Waals surface area contributed by atoms with Gasteiger partial charge in [0.15, 0.2) is 0 Å². The molecule has 0 fully saturated rings. The van der Waals surface area contributed by atoms with Crippen LogP contribution in [0, 0.1) is 11.6 Å². The van der Waals surface area contributed by atoms with Crippen molar-refractivity contribution in [1.82, 2.24) is 15.6 Å². The van der Waals surface area contributed by atoms with Crippen LogP contribution in [0.5, 0.6) is 0 Å². The maximum atomic E-state index is 14.7.